The molecular weight excluding hydrogens is 412 g/mol. The third-order valence-corrected chi connectivity index (χ3v) is 4.72. The Hall–Kier alpha value is -2.93. The van der Waals surface area contributed by atoms with Gasteiger partial charge in [-0.25, -0.2) is 4.79 Å². The van der Waals surface area contributed by atoms with Crippen molar-refractivity contribution in [2.24, 2.45) is 0 Å². The summed E-state index contributed by atoms with van der Waals surface area (Å²) in [6.45, 7) is 4.95. The van der Waals surface area contributed by atoms with Crippen LogP contribution in [-0.2, 0) is 4.74 Å². The van der Waals surface area contributed by atoms with E-state index >= 15 is 0 Å². The van der Waals surface area contributed by atoms with Crippen molar-refractivity contribution < 1.29 is 19.1 Å². The number of benzene rings is 2. The number of rotatable bonds is 11. The number of ether oxygens (including phenoxy) is 2. The van der Waals surface area contributed by atoms with E-state index < -0.39 is 0 Å². The van der Waals surface area contributed by atoms with Gasteiger partial charge in [0.15, 0.2) is 5.11 Å². The van der Waals surface area contributed by atoms with Crippen LogP contribution < -0.4 is 15.4 Å². The molecule has 2 rings (SSSR count). The molecule has 0 heterocycles. The first kappa shape index (κ1) is 24.3. The lowest BCUT2D eigenvalue weighted by Crippen LogP contribution is -2.34. The quantitative estimate of drug-likeness (QED) is 0.278. The van der Waals surface area contributed by atoms with Gasteiger partial charge in [0.05, 0.1) is 18.8 Å². The molecule has 1 amide bonds. The minimum absolute atomic E-state index is 0.168. The van der Waals surface area contributed by atoms with Crippen LogP contribution >= 0.6 is 12.2 Å². The Morgan fingerprint density at radius 2 is 1.52 bits per heavy atom. The largest absolute Gasteiger partial charge is 0.494 e. The second-order valence-corrected chi connectivity index (χ2v) is 7.40. The van der Waals surface area contributed by atoms with E-state index in [-0.39, 0.29) is 17.0 Å². The highest BCUT2D eigenvalue weighted by Crippen LogP contribution is 2.14. The van der Waals surface area contributed by atoms with Crippen LogP contribution in [0.1, 0.15) is 66.7 Å². The molecule has 2 aromatic rings. The minimum atomic E-state index is -0.381. The molecule has 0 unspecified atom stereocenters. The van der Waals surface area contributed by atoms with E-state index in [2.05, 4.69) is 17.6 Å². The monoisotopic (exact) mass is 442 g/mol. The van der Waals surface area contributed by atoms with Crippen LogP contribution in [-0.4, -0.2) is 30.2 Å². The Morgan fingerprint density at radius 1 is 0.871 bits per heavy atom. The highest BCUT2D eigenvalue weighted by Gasteiger charge is 2.10. The number of carbonyl (C=O) groups excluding carboxylic acids is 2. The summed E-state index contributed by atoms with van der Waals surface area (Å²) in [7, 11) is 0. The van der Waals surface area contributed by atoms with Crippen LogP contribution in [0.5, 0.6) is 5.75 Å². The Balaban J connectivity index is 1.78. The fourth-order valence-electron chi connectivity index (χ4n) is 2.84. The maximum Gasteiger partial charge on any atom is 0.338 e. The van der Waals surface area contributed by atoms with Crippen molar-refractivity contribution in [1.29, 1.82) is 0 Å². The highest BCUT2D eigenvalue weighted by molar-refractivity contribution is 7.80. The average Bonchev–Trinajstić information content (AvgIpc) is 2.77. The van der Waals surface area contributed by atoms with Gasteiger partial charge in [-0.15, -0.1) is 0 Å². The maximum absolute atomic E-state index is 12.4. The van der Waals surface area contributed by atoms with Crippen molar-refractivity contribution in [2.75, 3.05) is 18.5 Å². The predicted octanol–water partition coefficient (Wildman–Crippen LogP) is 5.34. The Morgan fingerprint density at radius 3 is 2.16 bits per heavy atom. The molecule has 0 aliphatic rings. The molecule has 2 N–H and O–H groups in total. The van der Waals surface area contributed by atoms with Gasteiger partial charge in [0.2, 0.25) is 0 Å². The van der Waals surface area contributed by atoms with Gasteiger partial charge in [0.25, 0.3) is 5.91 Å². The van der Waals surface area contributed by atoms with Crippen LogP contribution in [0.4, 0.5) is 5.69 Å². The maximum atomic E-state index is 12.4. The van der Waals surface area contributed by atoms with Crippen molar-refractivity contribution in [3.63, 3.8) is 0 Å². The number of hydrogen-bond acceptors (Lipinski definition) is 5. The molecule has 0 radical (unpaired) electrons. The fraction of sp³-hybridized carbons (Fsp3) is 0.375. The van der Waals surface area contributed by atoms with E-state index in [0.29, 0.717) is 30.0 Å². The molecule has 0 aliphatic heterocycles. The van der Waals surface area contributed by atoms with Gasteiger partial charge in [0, 0.05) is 11.3 Å². The number of carbonyl (C=O) groups is 2. The van der Waals surface area contributed by atoms with E-state index in [0.717, 1.165) is 12.2 Å². The predicted molar refractivity (Wildman–Crippen MR) is 127 cm³/mol. The summed E-state index contributed by atoms with van der Waals surface area (Å²) < 4.78 is 10.7. The molecule has 7 heteroatoms. The molecule has 0 aromatic heterocycles. The third-order valence-electron chi connectivity index (χ3n) is 4.51. The van der Waals surface area contributed by atoms with Crippen LogP contribution in [0.15, 0.2) is 48.5 Å². The number of esters is 1. The smallest absolute Gasteiger partial charge is 0.338 e. The van der Waals surface area contributed by atoms with Crippen molar-refractivity contribution in [3.8, 4) is 5.75 Å². The molecular formula is C24H30N2O4S. The number of nitrogens with one attached hydrogen (secondary N) is 2. The summed E-state index contributed by atoms with van der Waals surface area (Å²) in [5.41, 5.74) is 1.59. The van der Waals surface area contributed by atoms with Gasteiger partial charge in [-0.3, -0.25) is 10.1 Å². The second kappa shape index (κ2) is 13.4. The second-order valence-electron chi connectivity index (χ2n) is 6.99. The lowest BCUT2D eigenvalue weighted by molar-refractivity contribution is 0.0526. The number of amides is 1. The van der Waals surface area contributed by atoms with Crippen LogP contribution in [0, 0.1) is 0 Å². The summed E-state index contributed by atoms with van der Waals surface area (Å²) in [4.78, 5) is 24.1. The molecule has 6 nitrogen and oxygen atoms in total. The molecule has 2 aromatic carbocycles. The minimum Gasteiger partial charge on any atom is -0.494 e. The van der Waals surface area contributed by atoms with Crippen molar-refractivity contribution in [1.82, 2.24) is 5.32 Å². The average molecular weight is 443 g/mol. The summed E-state index contributed by atoms with van der Waals surface area (Å²) in [5.74, 6) is 0.0510. The van der Waals surface area contributed by atoms with E-state index in [4.69, 9.17) is 21.7 Å². The van der Waals surface area contributed by atoms with Crippen molar-refractivity contribution in [2.45, 2.75) is 46.0 Å². The Kier molecular flexibility index (Phi) is 10.5. The number of unbranched alkanes of at least 4 members (excludes halogenated alkanes) is 4. The van der Waals surface area contributed by atoms with E-state index in [1.807, 2.05) is 0 Å². The molecule has 0 spiro atoms. The summed E-state index contributed by atoms with van der Waals surface area (Å²) in [6.07, 6.45) is 5.93. The number of hydrogen-bond donors (Lipinski definition) is 2. The first-order valence-corrected chi connectivity index (χ1v) is 11.1. The Labute approximate surface area is 189 Å². The number of anilines is 1. The molecule has 0 saturated carbocycles. The first-order valence-electron chi connectivity index (χ1n) is 10.7. The van der Waals surface area contributed by atoms with Gasteiger partial charge in [0.1, 0.15) is 5.75 Å². The topological polar surface area (TPSA) is 76.7 Å². The Bertz CT molecular complexity index is 851. The van der Waals surface area contributed by atoms with Crippen LogP contribution in [0.2, 0.25) is 0 Å². The number of thiocarbonyl (C=S) groups is 1. The standard InChI is InChI=1S/C24H30N2O4S/c1-3-5-6-7-8-17-30-21-15-11-18(12-16-21)22(27)26-24(31)25-20-13-9-19(10-14-20)23(28)29-4-2/h9-16H,3-8,17H2,1-2H3,(H2,25,26,27,31). The van der Waals surface area contributed by atoms with Gasteiger partial charge >= 0.3 is 5.97 Å². The van der Waals surface area contributed by atoms with Gasteiger partial charge in [-0.1, -0.05) is 32.6 Å². The zero-order valence-electron chi connectivity index (χ0n) is 18.1. The first-order chi connectivity index (χ1) is 15.0. The summed E-state index contributed by atoms with van der Waals surface area (Å²) in [5, 5.41) is 5.73. The van der Waals surface area contributed by atoms with Crippen molar-refractivity contribution in [3.05, 3.63) is 59.7 Å². The fourth-order valence-corrected chi connectivity index (χ4v) is 3.05. The molecule has 0 saturated heterocycles. The molecule has 0 atom stereocenters. The van der Waals surface area contributed by atoms with E-state index in [1.165, 1.54) is 25.7 Å². The normalized spacial score (nSPS) is 10.3. The molecule has 31 heavy (non-hydrogen) atoms. The third kappa shape index (κ3) is 8.76. The zero-order chi connectivity index (χ0) is 22.5. The van der Waals surface area contributed by atoms with Gasteiger partial charge < -0.3 is 14.8 Å². The lowest BCUT2D eigenvalue weighted by atomic mass is 10.2. The summed E-state index contributed by atoms with van der Waals surface area (Å²) >= 11 is 5.21. The van der Waals surface area contributed by atoms with Gasteiger partial charge in [-0.05, 0) is 74.1 Å². The molecule has 0 aliphatic carbocycles. The zero-order valence-corrected chi connectivity index (χ0v) is 18.9. The highest BCUT2D eigenvalue weighted by atomic mass is 32.1. The molecule has 0 fully saturated rings. The molecule has 0 bridgehead atoms. The molecule has 166 valence electrons. The SMILES string of the molecule is CCCCCCCOc1ccc(C(=O)NC(=S)Nc2ccc(C(=O)OCC)cc2)cc1. The van der Waals surface area contributed by atoms with Crippen LogP contribution in [0.3, 0.4) is 0 Å². The van der Waals surface area contributed by atoms with E-state index in [1.54, 1.807) is 55.5 Å². The van der Waals surface area contributed by atoms with Crippen molar-refractivity contribution >= 4 is 34.9 Å². The van der Waals surface area contributed by atoms with Gasteiger partial charge in [-0.2, -0.15) is 0 Å². The van der Waals surface area contributed by atoms with Crippen LogP contribution in [0.25, 0.3) is 0 Å². The lowest BCUT2D eigenvalue weighted by Gasteiger charge is -2.11. The summed E-state index contributed by atoms with van der Waals surface area (Å²) in [6, 6.07) is 13.6. The van der Waals surface area contributed by atoms with E-state index in [9.17, 15) is 9.59 Å².